The highest BCUT2D eigenvalue weighted by Gasteiger charge is 2.26. The van der Waals surface area contributed by atoms with Crippen molar-refractivity contribution in [3.05, 3.63) is 21.4 Å². The fraction of sp³-hybridized carbons (Fsp3) is 0.625. The zero-order chi connectivity index (χ0) is 15.4. The van der Waals surface area contributed by atoms with Crippen LogP contribution in [0.5, 0.6) is 0 Å². The maximum absolute atomic E-state index is 12.4. The van der Waals surface area contributed by atoms with E-state index in [1.54, 1.807) is 11.3 Å². The van der Waals surface area contributed by atoms with E-state index < -0.39 is 12.0 Å². The SMILES string of the molecule is CCCC[C@H](NC(=O)c1csc2c1CCC(C)C2)C(=O)O. The van der Waals surface area contributed by atoms with Gasteiger partial charge in [-0.05, 0) is 37.2 Å². The lowest BCUT2D eigenvalue weighted by molar-refractivity contribution is -0.139. The first-order valence-electron chi connectivity index (χ1n) is 7.65. The third-order valence-electron chi connectivity index (χ3n) is 4.10. The van der Waals surface area contributed by atoms with E-state index >= 15 is 0 Å². The number of hydrogen-bond acceptors (Lipinski definition) is 3. The highest BCUT2D eigenvalue weighted by Crippen LogP contribution is 2.32. The molecule has 1 unspecified atom stereocenters. The van der Waals surface area contributed by atoms with Gasteiger partial charge in [0.25, 0.3) is 5.91 Å². The first kappa shape index (κ1) is 16.0. The fourth-order valence-electron chi connectivity index (χ4n) is 2.77. The van der Waals surface area contributed by atoms with Crippen molar-refractivity contribution < 1.29 is 14.7 Å². The minimum Gasteiger partial charge on any atom is -0.480 e. The van der Waals surface area contributed by atoms with Crippen LogP contribution < -0.4 is 5.32 Å². The maximum Gasteiger partial charge on any atom is 0.326 e. The molecule has 1 aromatic heterocycles. The summed E-state index contributed by atoms with van der Waals surface area (Å²) in [6.45, 7) is 4.24. The summed E-state index contributed by atoms with van der Waals surface area (Å²) in [4.78, 5) is 24.9. The molecule has 116 valence electrons. The topological polar surface area (TPSA) is 66.4 Å². The van der Waals surface area contributed by atoms with Crippen LogP contribution in [0.3, 0.4) is 0 Å². The molecule has 1 aliphatic rings. The van der Waals surface area contributed by atoms with Crippen LogP contribution in [0, 0.1) is 5.92 Å². The number of thiophene rings is 1. The number of carbonyl (C=O) groups excluding carboxylic acids is 1. The van der Waals surface area contributed by atoms with Gasteiger partial charge in [0.2, 0.25) is 0 Å². The Balaban J connectivity index is 2.08. The van der Waals surface area contributed by atoms with Crippen molar-refractivity contribution in [2.45, 2.75) is 58.4 Å². The molecule has 1 heterocycles. The number of hydrogen-bond donors (Lipinski definition) is 2. The van der Waals surface area contributed by atoms with Crippen LogP contribution in [0.4, 0.5) is 0 Å². The van der Waals surface area contributed by atoms with Crippen molar-refractivity contribution in [1.82, 2.24) is 5.32 Å². The Morgan fingerprint density at radius 1 is 1.52 bits per heavy atom. The van der Waals surface area contributed by atoms with Crippen molar-refractivity contribution in [3.63, 3.8) is 0 Å². The molecule has 0 saturated heterocycles. The Morgan fingerprint density at radius 3 is 2.95 bits per heavy atom. The first-order valence-corrected chi connectivity index (χ1v) is 8.53. The Kier molecular flexibility index (Phi) is 5.39. The van der Waals surface area contributed by atoms with E-state index in [1.807, 2.05) is 12.3 Å². The molecule has 0 radical (unpaired) electrons. The quantitative estimate of drug-likeness (QED) is 0.847. The van der Waals surface area contributed by atoms with Gasteiger partial charge in [-0.25, -0.2) is 4.79 Å². The molecule has 0 spiro atoms. The second kappa shape index (κ2) is 7.07. The summed E-state index contributed by atoms with van der Waals surface area (Å²) in [6.07, 6.45) is 5.27. The second-order valence-corrected chi connectivity index (χ2v) is 6.87. The van der Waals surface area contributed by atoms with Gasteiger partial charge in [-0.2, -0.15) is 0 Å². The lowest BCUT2D eigenvalue weighted by Gasteiger charge is -2.19. The number of unbranched alkanes of at least 4 members (excludes halogenated alkanes) is 1. The first-order chi connectivity index (χ1) is 10.0. The van der Waals surface area contributed by atoms with E-state index in [4.69, 9.17) is 0 Å². The summed E-state index contributed by atoms with van der Waals surface area (Å²) in [5.41, 5.74) is 1.82. The second-order valence-electron chi connectivity index (χ2n) is 5.91. The molecule has 2 rings (SSSR count). The van der Waals surface area contributed by atoms with E-state index in [2.05, 4.69) is 12.2 Å². The molecular weight excluding hydrogens is 286 g/mol. The number of carboxylic acids is 1. The third kappa shape index (κ3) is 3.84. The highest BCUT2D eigenvalue weighted by molar-refractivity contribution is 7.10. The van der Waals surface area contributed by atoms with Gasteiger partial charge >= 0.3 is 5.97 Å². The molecule has 2 atom stereocenters. The lowest BCUT2D eigenvalue weighted by Crippen LogP contribution is -2.41. The minimum atomic E-state index is -0.950. The highest BCUT2D eigenvalue weighted by atomic mass is 32.1. The molecule has 4 nitrogen and oxygen atoms in total. The number of carboxylic acid groups (broad SMARTS) is 1. The molecule has 0 aliphatic heterocycles. The molecule has 5 heteroatoms. The van der Waals surface area contributed by atoms with Crippen molar-refractivity contribution in [3.8, 4) is 0 Å². The monoisotopic (exact) mass is 309 g/mol. The lowest BCUT2D eigenvalue weighted by atomic mass is 9.88. The van der Waals surface area contributed by atoms with E-state index in [1.165, 1.54) is 4.88 Å². The Morgan fingerprint density at radius 2 is 2.29 bits per heavy atom. The molecule has 0 bridgehead atoms. The molecule has 1 aliphatic carbocycles. The van der Waals surface area contributed by atoms with Crippen molar-refractivity contribution >= 4 is 23.2 Å². The van der Waals surface area contributed by atoms with Gasteiger partial charge < -0.3 is 10.4 Å². The standard InChI is InChI=1S/C16H23NO3S/c1-3-4-5-13(16(19)20)17-15(18)12-9-21-14-8-10(2)6-7-11(12)14/h9-10,13H,3-8H2,1-2H3,(H,17,18)(H,19,20)/t10?,13-/m0/s1. The summed E-state index contributed by atoms with van der Waals surface area (Å²) in [7, 11) is 0. The Bertz CT molecular complexity index is 524. The van der Waals surface area contributed by atoms with Crippen molar-refractivity contribution in [2.75, 3.05) is 0 Å². The van der Waals surface area contributed by atoms with Gasteiger partial charge in [-0.3, -0.25) is 4.79 Å². The van der Waals surface area contributed by atoms with Gasteiger partial charge in [0.05, 0.1) is 5.56 Å². The minimum absolute atomic E-state index is 0.231. The number of aliphatic carboxylic acids is 1. The zero-order valence-electron chi connectivity index (χ0n) is 12.6. The summed E-state index contributed by atoms with van der Waals surface area (Å²) in [5.74, 6) is -0.511. The molecule has 0 aromatic carbocycles. The van der Waals surface area contributed by atoms with Crippen LogP contribution in [0.25, 0.3) is 0 Å². The number of fused-ring (bicyclic) bond motifs is 1. The molecule has 1 aromatic rings. The smallest absolute Gasteiger partial charge is 0.326 e. The van der Waals surface area contributed by atoms with Crippen LogP contribution in [-0.2, 0) is 17.6 Å². The summed E-state index contributed by atoms with van der Waals surface area (Å²) < 4.78 is 0. The predicted octanol–water partition coefficient (Wildman–Crippen LogP) is 3.25. The fourth-order valence-corrected chi connectivity index (χ4v) is 4.01. The molecule has 1 amide bonds. The molecule has 0 saturated carbocycles. The Labute approximate surface area is 129 Å². The van der Waals surface area contributed by atoms with E-state index in [0.29, 0.717) is 17.9 Å². The maximum atomic E-state index is 12.4. The largest absolute Gasteiger partial charge is 0.480 e. The molecule has 2 N–H and O–H groups in total. The van der Waals surface area contributed by atoms with Gasteiger partial charge in [-0.1, -0.05) is 26.7 Å². The molecular formula is C16H23NO3S. The number of rotatable bonds is 6. The number of amides is 1. The molecule has 21 heavy (non-hydrogen) atoms. The van der Waals surface area contributed by atoms with E-state index in [-0.39, 0.29) is 5.91 Å². The van der Waals surface area contributed by atoms with E-state index in [0.717, 1.165) is 37.7 Å². The average Bonchev–Trinajstić information content (AvgIpc) is 2.85. The van der Waals surface area contributed by atoms with E-state index in [9.17, 15) is 14.7 Å². The van der Waals surface area contributed by atoms with Gasteiger partial charge in [0, 0.05) is 10.3 Å². The third-order valence-corrected chi connectivity index (χ3v) is 5.15. The number of carbonyl (C=O) groups is 2. The Hall–Kier alpha value is -1.36. The predicted molar refractivity (Wildman–Crippen MR) is 83.9 cm³/mol. The summed E-state index contributed by atoms with van der Waals surface area (Å²) in [5, 5.41) is 13.8. The van der Waals surface area contributed by atoms with Crippen molar-refractivity contribution in [1.29, 1.82) is 0 Å². The summed E-state index contributed by atoms with van der Waals surface area (Å²) >= 11 is 1.63. The van der Waals surface area contributed by atoms with Crippen LogP contribution in [0.1, 0.15) is 60.3 Å². The zero-order valence-corrected chi connectivity index (χ0v) is 13.5. The van der Waals surface area contributed by atoms with Gasteiger partial charge in [0.15, 0.2) is 0 Å². The van der Waals surface area contributed by atoms with Gasteiger partial charge in [0.1, 0.15) is 6.04 Å². The van der Waals surface area contributed by atoms with Crippen LogP contribution >= 0.6 is 11.3 Å². The van der Waals surface area contributed by atoms with Crippen LogP contribution in [0.2, 0.25) is 0 Å². The van der Waals surface area contributed by atoms with Crippen molar-refractivity contribution in [2.24, 2.45) is 5.92 Å². The van der Waals surface area contributed by atoms with Crippen LogP contribution in [-0.4, -0.2) is 23.0 Å². The van der Waals surface area contributed by atoms with Gasteiger partial charge in [-0.15, -0.1) is 11.3 Å². The summed E-state index contributed by atoms with van der Waals surface area (Å²) in [6, 6.07) is -0.782. The van der Waals surface area contributed by atoms with Crippen LogP contribution in [0.15, 0.2) is 5.38 Å². The normalized spacial score (nSPS) is 18.9. The average molecular weight is 309 g/mol. The molecule has 0 fully saturated rings. The number of nitrogens with one attached hydrogen (secondary N) is 1.